The van der Waals surface area contributed by atoms with E-state index in [1.807, 2.05) is 30.6 Å². The van der Waals surface area contributed by atoms with Crippen LogP contribution in [0.5, 0.6) is 0 Å². The predicted octanol–water partition coefficient (Wildman–Crippen LogP) is 3.18. The quantitative estimate of drug-likeness (QED) is 0.735. The number of pyridine rings is 1. The molecule has 0 amide bonds. The molecule has 78 valence electrons. The van der Waals surface area contributed by atoms with Gasteiger partial charge in [0.05, 0.1) is 11.7 Å². The lowest BCUT2D eigenvalue weighted by atomic mass is 9.91. The first-order valence-electron chi connectivity index (χ1n) is 5.52. The van der Waals surface area contributed by atoms with E-state index >= 15 is 0 Å². The smallest absolute Gasteiger partial charge is 0.0981 e. The lowest BCUT2D eigenvalue weighted by molar-refractivity contribution is 0.471. The summed E-state index contributed by atoms with van der Waals surface area (Å²) in [6.07, 6.45) is 10.4. The van der Waals surface area contributed by atoms with Crippen molar-refractivity contribution in [3.63, 3.8) is 0 Å². The van der Waals surface area contributed by atoms with E-state index in [4.69, 9.17) is 0 Å². The molecule has 15 heavy (non-hydrogen) atoms. The molecular weight excluding hydrogens is 184 g/mol. The number of dihydropyridines is 1. The molecule has 0 aliphatic carbocycles. The van der Waals surface area contributed by atoms with E-state index < -0.39 is 0 Å². The van der Waals surface area contributed by atoms with Gasteiger partial charge in [0.15, 0.2) is 0 Å². The Morgan fingerprint density at radius 2 is 2.27 bits per heavy atom. The normalized spacial score (nSPS) is 24.3. The summed E-state index contributed by atoms with van der Waals surface area (Å²) in [5.74, 6) is 0.509. The Balaban J connectivity index is 2.20. The molecule has 0 fully saturated rings. The van der Waals surface area contributed by atoms with Gasteiger partial charge < -0.3 is 0 Å². The van der Waals surface area contributed by atoms with Gasteiger partial charge in [-0.05, 0) is 24.6 Å². The van der Waals surface area contributed by atoms with Crippen molar-refractivity contribution in [2.45, 2.75) is 25.8 Å². The second-order valence-electron chi connectivity index (χ2n) is 3.84. The molecule has 2 heterocycles. The highest BCUT2D eigenvalue weighted by Gasteiger charge is 2.21. The van der Waals surface area contributed by atoms with Crippen molar-refractivity contribution >= 4 is 6.21 Å². The maximum atomic E-state index is 4.53. The van der Waals surface area contributed by atoms with Gasteiger partial charge in [0.25, 0.3) is 0 Å². The molecule has 1 unspecified atom stereocenters. The minimum Gasteiger partial charge on any atom is -0.283 e. The number of aromatic nitrogens is 1. The molecule has 2 rings (SSSR count). The zero-order chi connectivity index (χ0) is 10.5. The van der Waals surface area contributed by atoms with E-state index in [0.29, 0.717) is 5.92 Å². The highest BCUT2D eigenvalue weighted by molar-refractivity contribution is 5.72. The number of nitrogens with zero attached hydrogens (tertiary/aromatic N) is 2. The van der Waals surface area contributed by atoms with Gasteiger partial charge in [-0.15, -0.1) is 0 Å². The average molecular weight is 200 g/mol. The molecule has 1 aromatic heterocycles. The second kappa shape index (κ2) is 4.87. The fourth-order valence-corrected chi connectivity index (χ4v) is 1.98. The summed E-state index contributed by atoms with van der Waals surface area (Å²) >= 11 is 0. The Hall–Kier alpha value is -1.44. The summed E-state index contributed by atoms with van der Waals surface area (Å²) in [7, 11) is 0. The Labute approximate surface area is 90.8 Å². The van der Waals surface area contributed by atoms with Crippen LogP contribution in [0.25, 0.3) is 0 Å². The van der Waals surface area contributed by atoms with Crippen molar-refractivity contribution in [1.29, 1.82) is 0 Å². The SMILES string of the molecule is CCC[C@H]1C=CC=NC1c1ccccn1. The van der Waals surface area contributed by atoms with Crippen LogP contribution in [-0.4, -0.2) is 11.2 Å². The average Bonchev–Trinajstić information content (AvgIpc) is 2.31. The van der Waals surface area contributed by atoms with Crippen LogP contribution in [-0.2, 0) is 0 Å². The number of hydrogen-bond acceptors (Lipinski definition) is 2. The third-order valence-corrected chi connectivity index (χ3v) is 2.71. The zero-order valence-corrected chi connectivity index (χ0v) is 9.00. The van der Waals surface area contributed by atoms with Crippen molar-refractivity contribution in [3.8, 4) is 0 Å². The molecule has 2 atom stereocenters. The number of allylic oxidation sites excluding steroid dienone is 1. The third-order valence-electron chi connectivity index (χ3n) is 2.71. The lowest BCUT2D eigenvalue weighted by Crippen LogP contribution is -2.13. The van der Waals surface area contributed by atoms with Crippen molar-refractivity contribution in [3.05, 3.63) is 42.2 Å². The number of rotatable bonds is 3. The van der Waals surface area contributed by atoms with E-state index in [2.05, 4.69) is 29.0 Å². The van der Waals surface area contributed by atoms with Gasteiger partial charge >= 0.3 is 0 Å². The van der Waals surface area contributed by atoms with E-state index in [1.165, 1.54) is 12.8 Å². The molecule has 2 heteroatoms. The highest BCUT2D eigenvalue weighted by Crippen LogP contribution is 2.30. The van der Waals surface area contributed by atoms with Crippen LogP contribution in [0.3, 0.4) is 0 Å². The van der Waals surface area contributed by atoms with Gasteiger partial charge in [-0.25, -0.2) is 0 Å². The molecule has 0 aromatic carbocycles. The van der Waals surface area contributed by atoms with Gasteiger partial charge in [-0.1, -0.05) is 25.5 Å². The lowest BCUT2D eigenvalue weighted by Gasteiger charge is -2.22. The van der Waals surface area contributed by atoms with Gasteiger partial charge in [0.2, 0.25) is 0 Å². The predicted molar refractivity (Wildman–Crippen MR) is 63.0 cm³/mol. The first kappa shape index (κ1) is 10.1. The van der Waals surface area contributed by atoms with Crippen molar-refractivity contribution in [2.75, 3.05) is 0 Å². The number of aliphatic imine (C=N–C) groups is 1. The Kier molecular flexibility index (Phi) is 3.28. The molecular formula is C13H16N2. The van der Waals surface area contributed by atoms with E-state index in [1.54, 1.807) is 0 Å². The maximum absolute atomic E-state index is 4.53. The molecule has 0 radical (unpaired) electrons. The molecule has 0 bridgehead atoms. The molecule has 0 saturated heterocycles. The Morgan fingerprint density at radius 1 is 1.33 bits per heavy atom. The van der Waals surface area contributed by atoms with Gasteiger partial charge in [0.1, 0.15) is 0 Å². The zero-order valence-electron chi connectivity index (χ0n) is 9.00. The van der Waals surface area contributed by atoms with Gasteiger partial charge in [0, 0.05) is 18.3 Å². The standard InChI is InChI=1S/C13H16N2/c1-2-6-11-7-5-10-15-13(11)12-8-3-4-9-14-12/h3-5,7-11,13H,2,6H2,1H3/t11-,13?/m0/s1. The Morgan fingerprint density at radius 3 is 3.00 bits per heavy atom. The van der Waals surface area contributed by atoms with Crippen LogP contribution in [0.2, 0.25) is 0 Å². The fraction of sp³-hybridized carbons (Fsp3) is 0.385. The first-order valence-corrected chi connectivity index (χ1v) is 5.52. The highest BCUT2D eigenvalue weighted by atomic mass is 14.8. The fourth-order valence-electron chi connectivity index (χ4n) is 1.98. The van der Waals surface area contributed by atoms with E-state index in [-0.39, 0.29) is 6.04 Å². The van der Waals surface area contributed by atoms with Crippen molar-refractivity contribution in [1.82, 2.24) is 4.98 Å². The first-order chi connectivity index (χ1) is 7.42. The summed E-state index contributed by atoms with van der Waals surface area (Å²) in [6, 6.07) is 6.25. The summed E-state index contributed by atoms with van der Waals surface area (Å²) in [6.45, 7) is 2.21. The van der Waals surface area contributed by atoms with Crippen LogP contribution >= 0.6 is 0 Å². The number of hydrogen-bond donors (Lipinski definition) is 0. The van der Waals surface area contributed by atoms with Crippen LogP contribution in [0, 0.1) is 5.92 Å². The van der Waals surface area contributed by atoms with Crippen LogP contribution < -0.4 is 0 Å². The second-order valence-corrected chi connectivity index (χ2v) is 3.84. The summed E-state index contributed by atoms with van der Waals surface area (Å²) in [4.78, 5) is 8.91. The van der Waals surface area contributed by atoms with Gasteiger partial charge in [-0.3, -0.25) is 9.98 Å². The van der Waals surface area contributed by atoms with Gasteiger partial charge in [-0.2, -0.15) is 0 Å². The van der Waals surface area contributed by atoms with E-state index in [9.17, 15) is 0 Å². The monoisotopic (exact) mass is 200 g/mol. The summed E-state index contributed by atoms with van der Waals surface area (Å²) < 4.78 is 0. The largest absolute Gasteiger partial charge is 0.283 e. The van der Waals surface area contributed by atoms with Crippen molar-refractivity contribution < 1.29 is 0 Å². The van der Waals surface area contributed by atoms with Crippen LogP contribution in [0.15, 0.2) is 41.5 Å². The summed E-state index contributed by atoms with van der Waals surface area (Å²) in [5.41, 5.74) is 1.08. The summed E-state index contributed by atoms with van der Waals surface area (Å²) in [5, 5.41) is 0. The third kappa shape index (κ3) is 2.32. The van der Waals surface area contributed by atoms with E-state index in [0.717, 1.165) is 5.69 Å². The maximum Gasteiger partial charge on any atom is 0.0981 e. The molecule has 0 spiro atoms. The molecule has 0 saturated carbocycles. The minimum atomic E-state index is 0.219. The van der Waals surface area contributed by atoms with Crippen LogP contribution in [0.1, 0.15) is 31.5 Å². The van der Waals surface area contributed by atoms with Crippen LogP contribution in [0.4, 0.5) is 0 Å². The molecule has 2 nitrogen and oxygen atoms in total. The molecule has 1 aliphatic rings. The Bertz CT molecular complexity index is 354. The van der Waals surface area contributed by atoms with Crippen molar-refractivity contribution in [2.24, 2.45) is 10.9 Å². The topological polar surface area (TPSA) is 25.2 Å². The molecule has 1 aromatic rings. The molecule has 0 N–H and O–H groups in total. The minimum absolute atomic E-state index is 0.219. The molecule has 1 aliphatic heterocycles.